The van der Waals surface area contributed by atoms with Crippen LogP contribution in [0.4, 0.5) is 0 Å². The zero-order valence-corrected chi connectivity index (χ0v) is 13.9. The second-order valence-corrected chi connectivity index (χ2v) is 6.11. The smallest absolute Gasteiger partial charge is 0.185 e. The maximum absolute atomic E-state index is 12.2. The van der Waals surface area contributed by atoms with Crippen LogP contribution in [0.25, 0.3) is 10.8 Å². The third-order valence-electron chi connectivity index (χ3n) is 4.30. The Hall–Kier alpha value is -2.61. The van der Waals surface area contributed by atoms with Crippen LogP contribution in [0, 0.1) is 0 Å². The summed E-state index contributed by atoms with van der Waals surface area (Å²) < 4.78 is 0. The number of benzene rings is 2. The number of fused-ring (bicyclic) bond motifs is 1. The lowest BCUT2D eigenvalue weighted by atomic mass is 10.0. The normalized spacial score (nSPS) is 15.9. The zero-order valence-electron chi connectivity index (χ0n) is 13.9. The molecule has 0 radical (unpaired) electrons. The van der Waals surface area contributed by atoms with Gasteiger partial charge in [-0.2, -0.15) is 0 Å². The molecular formula is C22H23NO. The van der Waals surface area contributed by atoms with Crippen molar-refractivity contribution in [2.24, 2.45) is 0 Å². The molecule has 0 unspecified atom stereocenters. The van der Waals surface area contributed by atoms with E-state index < -0.39 is 0 Å². The van der Waals surface area contributed by atoms with E-state index in [0.717, 1.165) is 29.4 Å². The van der Waals surface area contributed by atoms with E-state index >= 15 is 0 Å². The Morgan fingerprint density at radius 1 is 0.833 bits per heavy atom. The predicted molar refractivity (Wildman–Crippen MR) is 101 cm³/mol. The minimum Gasteiger partial charge on any atom is -0.377 e. The van der Waals surface area contributed by atoms with Crippen LogP contribution in [-0.4, -0.2) is 23.8 Å². The highest BCUT2D eigenvalue weighted by atomic mass is 16.1. The van der Waals surface area contributed by atoms with Gasteiger partial charge in [0, 0.05) is 18.7 Å². The van der Waals surface area contributed by atoms with Gasteiger partial charge in [-0.15, -0.1) is 0 Å². The lowest BCUT2D eigenvalue weighted by molar-refractivity contribution is 0.104. The summed E-state index contributed by atoms with van der Waals surface area (Å²) in [5, 5.41) is 2.25. The standard InChI is InChI=1S/C22H23NO/c24-22(21-14-13-19-10-5-6-11-20(19)18-21)12-4-1-2-7-15-23-16-8-3-9-17-23/h1-2,4-7,10-15,18H,3,8-9,16-17H2/b2-1+,12-4+,15-7+. The van der Waals surface area contributed by atoms with Crippen LogP contribution in [0.5, 0.6) is 0 Å². The van der Waals surface area contributed by atoms with Crippen molar-refractivity contribution in [3.8, 4) is 0 Å². The van der Waals surface area contributed by atoms with Gasteiger partial charge >= 0.3 is 0 Å². The highest BCUT2D eigenvalue weighted by Gasteiger charge is 2.04. The average molecular weight is 317 g/mol. The van der Waals surface area contributed by atoms with Crippen molar-refractivity contribution in [2.45, 2.75) is 19.3 Å². The summed E-state index contributed by atoms with van der Waals surface area (Å²) >= 11 is 0. The van der Waals surface area contributed by atoms with E-state index in [9.17, 15) is 4.79 Å². The first-order chi connectivity index (χ1) is 11.8. The van der Waals surface area contributed by atoms with E-state index in [-0.39, 0.29) is 5.78 Å². The second kappa shape index (κ2) is 8.30. The quantitative estimate of drug-likeness (QED) is 0.432. The summed E-state index contributed by atoms with van der Waals surface area (Å²) in [5.74, 6) is 0.0328. The predicted octanol–water partition coefficient (Wildman–Crippen LogP) is 5.13. The van der Waals surface area contributed by atoms with E-state index in [2.05, 4.69) is 17.2 Å². The van der Waals surface area contributed by atoms with Gasteiger partial charge in [0.1, 0.15) is 0 Å². The number of carbonyl (C=O) groups is 1. The minimum absolute atomic E-state index is 0.0328. The Morgan fingerprint density at radius 2 is 1.58 bits per heavy atom. The van der Waals surface area contributed by atoms with Gasteiger partial charge in [-0.05, 0) is 54.5 Å². The van der Waals surface area contributed by atoms with E-state index in [0.29, 0.717) is 0 Å². The van der Waals surface area contributed by atoms with Crippen LogP contribution in [0.1, 0.15) is 29.6 Å². The number of rotatable bonds is 5. The topological polar surface area (TPSA) is 20.3 Å². The van der Waals surface area contributed by atoms with Crippen LogP contribution < -0.4 is 0 Å². The van der Waals surface area contributed by atoms with Gasteiger partial charge in [0.05, 0.1) is 0 Å². The molecule has 0 spiro atoms. The fourth-order valence-corrected chi connectivity index (χ4v) is 2.95. The summed E-state index contributed by atoms with van der Waals surface area (Å²) in [6.45, 7) is 2.31. The van der Waals surface area contributed by atoms with Crippen molar-refractivity contribution in [2.75, 3.05) is 13.1 Å². The number of piperidine rings is 1. The highest BCUT2D eigenvalue weighted by molar-refractivity contribution is 6.06. The monoisotopic (exact) mass is 317 g/mol. The summed E-state index contributed by atoms with van der Waals surface area (Å²) in [6.07, 6.45) is 15.4. The largest absolute Gasteiger partial charge is 0.377 e. The third-order valence-corrected chi connectivity index (χ3v) is 4.30. The molecule has 2 aromatic rings. The van der Waals surface area contributed by atoms with E-state index in [1.165, 1.54) is 19.3 Å². The molecule has 0 aromatic heterocycles. The molecule has 0 bridgehead atoms. The first kappa shape index (κ1) is 16.3. The van der Waals surface area contributed by atoms with Crippen molar-refractivity contribution in [3.05, 3.63) is 84.6 Å². The number of ketones is 1. The van der Waals surface area contributed by atoms with E-state index in [1.807, 2.05) is 54.6 Å². The van der Waals surface area contributed by atoms with E-state index in [1.54, 1.807) is 12.2 Å². The summed E-state index contributed by atoms with van der Waals surface area (Å²) in [5.41, 5.74) is 0.724. The van der Waals surface area contributed by atoms with Gasteiger partial charge in [0.25, 0.3) is 0 Å². The summed E-state index contributed by atoms with van der Waals surface area (Å²) in [4.78, 5) is 14.6. The van der Waals surface area contributed by atoms with Crippen LogP contribution in [0.15, 0.2) is 79.0 Å². The number of hydrogen-bond donors (Lipinski definition) is 0. The highest BCUT2D eigenvalue weighted by Crippen LogP contribution is 2.16. The number of nitrogens with zero attached hydrogens (tertiary/aromatic N) is 1. The van der Waals surface area contributed by atoms with Crippen molar-refractivity contribution < 1.29 is 4.79 Å². The summed E-state index contributed by atoms with van der Waals surface area (Å²) in [7, 11) is 0. The van der Waals surface area contributed by atoms with Crippen molar-refractivity contribution in [1.29, 1.82) is 0 Å². The average Bonchev–Trinajstić information content (AvgIpc) is 2.65. The van der Waals surface area contributed by atoms with Crippen molar-refractivity contribution in [1.82, 2.24) is 4.90 Å². The molecule has 1 aliphatic heterocycles. The Kier molecular flexibility index (Phi) is 5.62. The fraction of sp³-hybridized carbons (Fsp3) is 0.227. The van der Waals surface area contributed by atoms with Crippen LogP contribution in [0.3, 0.4) is 0 Å². The van der Waals surface area contributed by atoms with Crippen LogP contribution in [0.2, 0.25) is 0 Å². The third kappa shape index (κ3) is 4.45. The first-order valence-electron chi connectivity index (χ1n) is 8.62. The lowest BCUT2D eigenvalue weighted by Crippen LogP contribution is -2.23. The number of allylic oxidation sites excluding steroid dienone is 5. The number of carbonyl (C=O) groups excluding carboxylic acids is 1. The van der Waals surface area contributed by atoms with Gasteiger partial charge in [-0.3, -0.25) is 4.79 Å². The molecule has 3 rings (SSSR count). The second-order valence-electron chi connectivity index (χ2n) is 6.11. The van der Waals surface area contributed by atoms with Crippen LogP contribution >= 0.6 is 0 Å². The molecule has 1 fully saturated rings. The number of hydrogen-bond acceptors (Lipinski definition) is 2. The van der Waals surface area contributed by atoms with Gasteiger partial charge < -0.3 is 4.90 Å². The molecule has 0 amide bonds. The Labute approximate surface area is 143 Å². The van der Waals surface area contributed by atoms with Gasteiger partial charge in [-0.1, -0.05) is 54.6 Å². The van der Waals surface area contributed by atoms with E-state index in [4.69, 9.17) is 0 Å². The molecular weight excluding hydrogens is 294 g/mol. The lowest BCUT2D eigenvalue weighted by Gasteiger charge is -2.24. The maximum Gasteiger partial charge on any atom is 0.185 e. The Bertz CT molecular complexity index is 779. The molecule has 1 saturated heterocycles. The minimum atomic E-state index is 0.0328. The van der Waals surface area contributed by atoms with Gasteiger partial charge in [0.2, 0.25) is 0 Å². The van der Waals surface area contributed by atoms with Crippen LogP contribution in [-0.2, 0) is 0 Å². The molecule has 2 heteroatoms. The summed E-state index contributed by atoms with van der Waals surface area (Å²) in [6, 6.07) is 13.9. The van der Waals surface area contributed by atoms with Gasteiger partial charge in [0.15, 0.2) is 5.78 Å². The Balaban J connectivity index is 1.55. The Morgan fingerprint density at radius 3 is 2.42 bits per heavy atom. The molecule has 122 valence electrons. The molecule has 0 N–H and O–H groups in total. The first-order valence-corrected chi connectivity index (χ1v) is 8.62. The molecule has 2 aromatic carbocycles. The molecule has 0 aliphatic carbocycles. The number of likely N-dealkylation sites (tertiary alicyclic amines) is 1. The van der Waals surface area contributed by atoms with Crippen molar-refractivity contribution >= 4 is 16.6 Å². The molecule has 2 nitrogen and oxygen atoms in total. The zero-order chi connectivity index (χ0) is 16.6. The molecule has 0 atom stereocenters. The van der Waals surface area contributed by atoms with Gasteiger partial charge in [-0.25, -0.2) is 0 Å². The SMILES string of the molecule is O=C(/C=C/C=C/C=C/N1CCCCC1)c1ccc2ccccc2c1. The maximum atomic E-state index is 12.2. The molecule has 1 aliphatic rings. The fourth-order valence-electron chi connectivity index (χ4n) is 2.95. The van der Waals surface area contributed by atoms with Crippen molar-refractivity contribution in [3.63, 3.8) is 0 Å². The molecule has 1 heterocycles. The molecule has 24 heavy (non-hydrogen) atoms. The molecule has 0 saturated carbocycles.